The number of ether oxygens (including phenoxy) is 1. The summed E-state index contributed by atoms with van der Waals surface area (Å²) in [4.78, 5) is 4.77. The van der Waals surface area contributed by atoms with E-state index in [0.717, 1.165) is 28.8 Å². The number of hydrogen-bond donors (Lipinski definition) is 0. The van der Waals surface area contributed by atoms with Gasteiger partial charge in [-0.15, -0.1) is 0 Å². The van der Waals surface area contributed by atoms with Crippen LogP contribution in [0.15, 0.2) is 48.5 Å². The summed E-state index contributed by atoms with van der Waals surface area (Å²) < 4.78 is 9.23. The Kier molecular flexibility index (Phi) is 8.34. The molecule has 0 aromatic heterocycles. The SMILES string of the molecule is Cc1cc(C)c(N2CCN(c3c(C)cc(C)cc3C)[C]2=[Ru-4]([Cl])([Cl])=[CH]c2ccccc2OC(C)C)c(C)c1. The van der Waals surface area contributed by atoms with Gasteiger partial charge in [0.25, 0.3) is 0 Å². The quantitative estimate of drug-likeness (QED) is 0.267. The molecule has 1 saturated heterocycles. The molecule has 0 bridgehead atoms. The zero-order valence-corrected chi connectivity index (χ0v) is 26.3. The molecule has 1 heterocycles. The molecule has 0 saturated carbocycles. The molecular weight excluding hydrogens is 588 g/mol. The van der Waals surface area contributed by atoms with Crippen molar-refractivity contribution < 1.29 is 16.6 Å². The maximum atomic E-state index is 7.55. The summed E-state index contributed by atoms with van der Waals surface area (Å²) in [5.74, 6) is 0.811. The van der Waals surface area contributed by atoms with Gasteiger partial charge < -0.3 is 0 Å². The van der Waals surface area contributed by atoms with Crippen molar-refractivity contribution in [2.75, 3.05) is 22.9 Å². The summed E-state index contributed by atoms with van der Waals surface area (Å²) in [7, 11) is 15.1. The van der Waals surface area contributed by atoms with Crippen molar-refractivity contribution in [3.05, 3.63) is 87.5 Å². The molecule has 0 atom stereocenters. The topological polar surface area (TPSA) is 15.7 Å². The van der Waals surface area contributed by atoms with Crippen molar-refractivity contribution in [1.82, 2.24) is 0 Å². The molecule has 1 aliphatic rings. The van der Waals surface area contributed by atoms with E-state index in [1.54, 1.807) is 0 Å². The van der Waals surface area contributed by atoms with E-state index >= 15 is 0 Å². The van der Waals surface area contributed by atoms with Crippen LogP contribution in [0.3, 0.4) is 0 Å². The van der Waals surface area contributed by atoms with Gasteiger partial charge in [-0.25, -0.2) is 0 Å². The van der Waals surface area contributed by atoms with Crippen LogP contribution in [-0.2, 0) is 11.9 Å². The van der Waals surface area contributed by atoms with Gasteiger partial charge in [0.05, 0.1) is 0 Å². The first kappa shape index (κ1) is 28.0. The standard InChI is InChI=1S/C21H26N2.C10H12O.2ClH.Ru/c1-14-9-16(3)20(17(4)10-14)22-7-8-23(13-22)21-18(5)11-15(2)12-19(21)6;1-8(2)11-10-7-5-4-6-9(10)3;;;/h9-12H,7-8H2,1-6H3;3-8H,1-2H3;2*1H;/q;;;;-2/p-2. The summed E-state index contributed by atoms with van der Waals surface area (Å²) in [6, 6.07) is 17.0. The summed E-state index contributed by atoms with van der Waals surface area (Å²) in [6.07, 6.45) is 0.0582. The second-order valence-electron chi connectivity index (χ2n) is 10.3. The van der Waals surface area contributed by atoms with Crippen molar-refractivity contribution in [2.24, 2.45) is 0 Å². The van der Waals surface area contributed by atoms with Gasteiger partial charge in [0.1, 0.15) is 0 Å². The van der Waals surface area contributed by atoms with E-state index in [-0.39, 0.29) is 6.10 Å². The van der Waals surface area contributed by atoms with E-state index in [2.05, 4.69) is 80.2 Å². The third-order valence-corrected chi connectivity index (χ3v) is 12.0. The fourth-order valence-corrected chi connectivity index (χ4v) is 11.5. The predicted octanol–water partition coefficient (Wildman–Crippen LogP) is 8.05. The molecule has 0 unspecified atom stereocenters. The number of para-hydroxylation sites is 1. The van der Waals surface area contributed by atoms with Gasteiger partial charge in [-0.3, -0.25) is 0 Å². The average Bonchev–Trinajstić information content (AvgIpc) is 3.18. The summed E-state index contributed by atoms with van der Waals surface area (Å²) in [5, 5.41) is 0. The van der Waals surface area contributed by atoms with Crippen LogP contribution < -0.4 is 14.5 Å². The van der Waals surface area contributed by atoms with Gasteiger partial charge in [0, 0.05) is 0 Å². The Bertz CT molecular complexity index is 1350. The second-order valence-corrected chi connectivity index (χ2v) is 19.5. The van der Waals surface area contributed by atoms with Gasteiger partial charge in [-0.05, 0) is 0 Å². The number of rotatable bonds is 5. The van der Waals surface area contributed by atoms with E-state index in [1.165, 1.54) is 44.8 Å². The zero-order valence-electron chi connectivity index (χ0n) is 23.1. The van der Waals surface area contributed by atoms with E-state index in [4.69, 9.17) is 24.1 Å². The normalized spacial score (nSPS) is 14.5. The number of aryl methyl sites for hydroxylation is 6. The summed E-state index contributed by atoms with van der Waals surface area (Å²) >= 11 is -3.62. The predicted molar refractivity (Wildman–Crippen MR) is 160 cm³/mol. The van der Waals surface area contributed by atoms with E-state index in [0.29, 0.717) is 0 Å². The van der Waals surface area contributed by atoms with Gasteiger partial charge in [0.2, 0.25) is 0 Å². The van der Waals surface area contributed by atoms with Crippen LogP contribution in [0.4, 0.5) is 11.4 Å². The zero-order chi connectivity index (χ0) is 27.1. The Morgan fingerprint density at radius 1 is 0.757 bits per heavy atom. The summed E-state index contributed by atoms with van der Waals surface area (Å²) in [6.45, 7) is 18.7. The Morgan fingerprint density at radius 3 is 1.62 bits per heavy atom. The van der Waals surface area contributed by atoms with Crippen LogP contribution in [0.25, 0.3) is 0 Å². The Balaban J connectivity index is 2.04. The first-order valence-electron chi connectivity index (χ1n) is 12.7. The van der Waals surface area contributed by atoms with Gasteiger partial charge in [-0.2, -0.15) is 0 Å². The number of nitrogens with zero attached hydrogens (tertiary/aromatic N) is 2. The van der Waals surface area contributed by atoms with Crippen LogP contribution in [-0.4, -0.2) is 28.2 Å². The molecule has 37 heavy (non-hydrogen) atoms. The fraction of sp³-hybridized carbons (Fsp3) is 0.355. The third kappa shape index (κ3) is 5.87. The molecule has 204 valence electrons. The molecular formula is C31H38Cl2N2ORu-4. The minimum absolute atomic E-state index is 0.0582. The van der Waals surface area contributed by atoms with Crippen molar-refractivity contribution in [3.63, 3.8) is 0 Å². The Morgan fingerprint density at radius 2 is 1.19 bits per heavy atom. The van der Waals surface area contributed by atoms with Crippen LogP contribution >= 0.6 is 19.4 Å². The Hall–Kier alpha value is -2.00. The molecule has 0 aliphatic carbocycles. The number of benzene rings is 3. The molecule has 1 fully saturated rings. The molecule has 3 aromatic rings. The van der Waals surface area contributed by atoms with Crippen molar-refractivity contribution in [1.29, 1.82) is 0 Å². The molecule has 0 radical (unpaired) electrons. The molecule has 3 nitrogen and oxygen atoms in total. The van der Waals surface area contributed by atoms with Crippen LogP contribution in [0.2, 0.25) is 0 Å². The molecule has 0 spiro atoms. The van der Waals surface area contributed by atoms with Crippen LogP contribution in [0.1, 0.15) is 52.8 Å². The number of anilines is 2. The van der Waals surface area contributed by atoms with E-state index < -0.39 is 11.9 Å². The average molecular weight is 627 g/mol. The molecule has 0 N–H and O–H groups in total. The maximum absolute atomic E-state index is 7.55. The molecule has 3 aromatic carbocycles. The van der Waals surface area contributed by atoms with Gasteiger partial charge >= 0.3 is 234 Å². The molecule has 6 heteroatoms. The molecule has 0 amide bonds. The van der Waals surface area contributed by atoms with E-state index in [1.807, 2.05) is 38.1 Å². The minimum atomic E-state index is -3.62. The Labute approximate surface area is 232 Å². The van der Waals surface area contributed by atoms with Gasteiger partial charge in [-0.1, -0.05) is 0 Å². The fourth-order valence-electron chi connectivity index (χ4n) is 5.49. The van der Waals surface area contributed by atoms with Crippen molar-refractivity contribution >= 4 is 39.7 Å². The van der Waals surface area contributed by atoms with Crippen molar-refractivity contribution in [3.8, 4) is 5.75 Å². The first-order valence-corrected chi connectivity index (χ1v) is 19.0. The summed E-state index contributed by atoms with van der Waals surface area (Å²) in [5.41, 5.74) is 10.8. The monoisotopic (exact) mass is 626 g/mol. The number of hydrogen-bond acceptors (Lipinski definition) is 3. The second kappa shape index (κ2) is 11.0. The molecule has 1 aliphatic heterocycles. The van der Waals surface area contributed by atoms with E-state index in [9.17, 15) is 0 Å². The number of halogens is 2. The van der Waals surface area contributed by atoms with Crippen molar-refractivity contribution in [2.45, 2.75) is 61.5 Å². The third-order valence-electron chi connectivity index (χ3n) is 6.52. The van der Waals surface area contributed by atoms with Crippen LogP contribution in [0.5, 0.6) is 5.75 Å². The molecule has 4 rings (SSSR count). The van der Waals surface area contributed by atoms with Gasteiger partial charge in [0.15, 0.2) is 0 Å². The van der Waals surface area contributed by atoms with Crippen LogP contribution in [0, 0.1) is 41.5 Å². The first-order chi connectivity index (χ1) is 17.4.